The van der Waals surface area contributed by atoms with Crippen LogP contribution < -0.4 is 0 Å². The number of hydrogen-bond acceptors (Lipinski definition) is 1. The van der Waals surface area contributed by atoms with E-state index in [-0.39, 0.29) is 6.61 Å². The quantitative estimate of drug-likeness (QED) is 0.567. The van der Waals surface area contributed by atoms with Crippen LogP contribution in [0.3, 0.4) is 0 Å². The monoisotopic (exact) mass is 124 g/mol. The van der Waals surface area contributed by atoms with Crippen LogP contribution in [0.25, 0.3) is 0 Å². The summed E-state index contributed by atoms with van der Waals surface area (Å²) in [5, 5.41) is 8.29. The maximum atomic E-state index is 8.29. The van der Waals surface area contributed by atoms with E-state index in [1.54, 1.807) is 12.2 Å². The predicted octanol–water partition coefficient (Wildman–Crippen LogP) is 1.67. The van der Waals surface area contributed by atoms with Gasteiger partial charge in [0.1, 0.15) is 0 Å². The minimum absolute atomic E-state index is 0.0977. The van der Waals surface area contributed by atoms with Gasteiger partial charge in [-0.05, 0) is 6.92 Å². The van der Waals surface area contributed by atoms with E-state index in [0.717, 1.165) is 5.57 Å². The van der Waals surface area contributed by atoms with Gasteiger partial charge in [-0.25, -0.2) is 0 Å². The SMILES string of the molecule is C=C(C)/C=C\C=C/CO. The first-order valence-electron chi connectivity index (χ1n) is 2.87. The van der Waals surface area contributed by atoms with E-state index < -0.39 is 0 Å². The van der Waals surface area contributed by atoms with Gasteiger partial charge in [0, 0.05) is 0 Å². The zero-order chi connectivity index (χ0) is 7.11. The van der Waals surface area contributed by atoms with Crippen molar-refractivity contribution in [2.45, 2.75) is 6.92 Å². The van der Waals surface area contributed by atoms with Crippen molar-refractivity contribution in [3.8, 4) is 0 Å². The number of rotatable bonds is 3. The topological polar surface area (TPSA) is 20.2 Å². The van der Waals surface area contributed by atoms with Crippen molar-refractivity contribution < 1.29 is 5.11 Å². The van der Waals surface area contributed by atoms with Crippen molar-refractivity contribution >= 4 is 0 Å². The molecule has 0 rings (SSSR count). The third-order valence-corrected chi connectivity index (χ3v) is 0.733. The maximum Gasteiger partial charge on any atom is 0.0615 e. The number of allylic oxidation sites excluding steroid dienone is 4. The van der Waals surface area contributed by atoms with Gasteiger partial charge in [-0.3, -0.25) is 0 Å². The highest BCUT2D eigenvalue weighted by Crippen LogP contribution is 1.88. The van der Waals surface area contributed by atoms with Crippen molar-refractivity contribution in [1.29, 1.82) is 0 Å². The fourth-order valence-electron chi connectivity index (χ4n) is 0.359. The molecule has 0 aliphatic carbocycles. The highest BCUT2D eigenvalue weighted by Gasteiger charge is 1.68. The summed E-state index contributed by atoms with van der Waals surface area (Å²) in [7, 11) is 0. The van der Waals surface area contributed by atoms with E-state index in [0.29, 0.717) is 0 Å². The Bertz CT molecular complexity index is 132. The molecule has 0 bridgehead atoms. The molecule has 0 radical (unpaired) electrons. The Kier molecular flexibility index (Phi) is 4.83. The second-order valence-corrected chi connectivity index (χ2v) is 1.82. The Morgan fingerprint density at radius 2 is 2.22 bits per heavy atom. The first kappa shape index (κ1) is 8.18. The molecule has 0 amide bonds. The van der Waals surface area contributed by atoms with Crippen molar-refractivity contribution in [2.24, 2.45) is 0 Å². The molecule has 0 aromatic rings. The van der Waals surface area contributed by atoms with Crippen LogP contribution in [0.5, 0.6) is 0 Å². The Morgan fingerprint density at radius 3 is 2.67 bits per heavy atom. The lowest BCUT2D eigenvalue weighted by molar-refractivity contribution is 0.343. The van der Waals surface area contributed by atoms with Gasteiger partial charge in [-0.15, -0.1) is 0 Å². The van der Waals surface area contributed by atoms with Gasteiger partial charge in [0.15, 0.2) is 0 Å². The average Bonchev–Trinajstić information content (AvgIpc) is 1.80. The van der Waals surface area contributed by atoms with E-state index in [2.05, 4.69) is 6.58 Å². The van der Waals surface area contributed by atoms with Crippen molar-refractivity contribution in [2.75, 3.05) is 6.61 Å². The Hall–Kier alpha value is -0.820. The van der Waals surface area contributed by atoms with Crippen molar-refractivity contribution in [3.05, 3.63) is 36.5 Å². The Morgan fingerprint density at radius 1 is 1.56 bits per heavy atom. The second-order valence-electron chi connectivity index (χ2n) is 1.82. The molecule has 0 heterocycles. The molecule has 0 aromatic carbocycles. The maximum absolute atomic E-state index is 8.29. The number of aliphatic hydroxyl groups is 1. The smallest absolute Gasteiger partial charge is 0.0615 e. The Labute approximate surface area is 56.0 Å². The summed E-state index contributed by atoms with van der Waals surface area (Å²) in [4.78, 5) is 0. The van der Waals surface area contributed by atoms with Crippen LogP contribution >= 0.6 is 0 Å². The first-order chi connectivity index (χ1) is 4.27. The van der Waals surface area contributed by atoms with E-state index in [9.17, 15) is 0 Å². The standard InChI is InChI=1S/C8H12O/c1-8(2)6-4-3-5-7-9/h3-6,9H,1,7H2,2H3/b5-3-,6-4-. The van der Waals surface area contributed by atoms with Crippen LogP contribution in [0.15, 0.2) is 36.5 Å². The first-order valence-corrected chi connectivity index (χ1v) is 2.87. The van der Waals surface area contributed by atoms with Crippen LogP contribution in [0, 0.1) is 0 Å². The molecule has 0 saturated heterocycles. The molecule has 0 aliphatic rings. The second kappa shape index (κ2) is 5.32. The van der Waals surface area contributed by atoms with Gasteiger partial charge in [0.05, 0.1) is 6.61 Å². The van der Waals surface area contributed by atoms with Gasteiger partial charge >= 0.3 is 0 Å². The summed E-state index contributed by atoms with van der Waals surface area (Å²) in [5.74, 6) is 0. The molecule has 0 unspecified atom stereocenters. The molecule has 50 valence electrons. The van der Waals surface area contributed by atoms with Gasteiger partial charge in [-0.2, -0.15) is 0 Å². The van der Waals surface area contributed by atoms with Gasteiger partial charge < -0.3 is 5.11 Å². The van der Waals surface area contributed by atoms with E-state index in [1.807, 2.05) is 19.1 Å². The van der Waals surface area contributed by atoms with Crippen LogP contribution in [0.1, 0.15) is 6.92 Å². The summed E-state index contributed by atoms with van der Waals surface area (Å²) in [6.45, 7) is 5.69. The zero-order valence-corrected chi connectivity index (χ0v) is 5.67. The molecular formula is C8H12O. The highest BCUT2D eigenvalue weighted by molar-refractivity contribution is 5.16. The third kappa shape index (κ3) is 7.18. The minimum Gasteiger partial charge on any atom is -0.392 e. The Balaban J connectivity index is 3.47. The van der Waals surface area contributed by atoms with Crippen LogP contribution in [0.2, 0.25) is 0 Å². The molecule has 0 aliphatic heterocycles. The molecule has 0 spiro atoms. The van der Waals surface area contributed by atoms with E-state index in [1.165, 1.54) is 0 Å². The van der Waals surface area contributed by atoms with Crippen LogP contribution in [-0.2, 0) is 0 Å². The average molecular weight is 124 g/mol. The molecule has 1 heteroatoms. The van der Waals surface area contributed by atoms with Gasteiger partial charge in [0.25, 0.3) is 0 Å². The summed E-state index contributed by atoms with van der Waals surface area (Å²) in [5.41, 5.74) is 1.01. The van der Waals surface area contributed by atoms with E-state index in [4.69, 9.17) is 5.11 Å². The number of hydrogen-bond donors (Lipinski definition) is 1. The fraction of sp³-hybridized carbons (Fsp3) is 0.250. The molecular weight excluding hydrogens is 112 g/mol. The van der Waals surface area contributed by atoms with Gasteiger partial charge in [0.2, 0.25) is 0 Å². The lowest BCUT2D eigenvalue weighted by atomic mass is 10.3. The van der Waals surface area contributed by atoms with Gasteiger partial charge in [-0.1, -0.05) is 36.5 Å². The summed E-state index contributed by atoms with van der Waals surface area (Å²) >= 11 is 0. The highest BCUT2D eigenvalue weighted by atomic mass is 16.2. The molecule has 1 N–H and O–H groups in total. The molecule has 0 fully saturated rings. The van der Waals surface area contributed by atoms with Crippen molar-refractivity contribution in [1.82, 2.24) is 0 Å². The lowest BCUT2D eigenvalue weighted by Gasteiger charge is -1.79. The summed E-state index contributed by atoms with van der Waals surface area (Å²) in [6, 6.07) is 0. The molecule has 9 heavy (non-hydrogen) atoms. The number of aliphatic hydroxyl groups excluding tert-OH is 1. The molecule has 0 saturated carbocycles. The fourth-order valence-corrected chi connectivity index (χ4v) is 0.359. The van der Waals surface area contributed by atoms with Crippen LogP contribution in [0.4, 0.5) is 0 Å². The normalized spacial score (nSPS) is 11.3. The molecule has 0 aromatic heterocycles. The van der Waals surface area contributed by atoms with Crippen LogP contribution in [-0.4, -0.2) is 11.7 Å². The largest absolute Gasteiger partial charge is 0.392 e. The summed E-state index contributed by atoms with van der Waals surface area (Å²) in [6.07, 6.45) is 7.18. The zero-order valence-electron chi connectivity index (χ0n) is 5.67. The minimum atomic E-state index is 0.0977. The molecule has 0 atom stereocenters. The van der Waals surface area contributed by atoms with Crippen molar-refractivity contribution in [3.63, 3.8) is 0 Å². The van der Waals surface area contributed by atoms with E-state index >= 15 is 0 Å². The summed E-state index contributed by atoms with van der Waals surface area (Å²) < 4.78 is 0. The predicted molar refractivity (Wildman–Crippen MR) is 40.2 cm³/mol. The molecule has 1 nitrogen and oxygen atoms in total. The lowest BCUT2D eigenvalue weighted by Crippen LogP contribution is -1.67. The third-order valence-electron chi connectivity index (χ3n) is 0.733.